The van der Waals surface area contributed by atoms with Crippen molar-refractivity contribution < 1.29 is 24.5 Å². The van der Waals surface area contributed by atoms with Crippen LogP contribution in [0.5, 0.6) is 0 Å². The van der Waals surface area contributed by atoms with Gasteiger partial charge in [-0.3, -0.25) is 4.79 Å². The minimum atomic E-state index is -1.32. The first-order chi connectivity index (χ1) is 15.6. The fourth-order valence-electron chi connectivity index (χ4n) is 4.09. The SMILES string of the molecule is O=C1OC[C@H](Cc2ccccc2)N1C(=O)C([C@H](O)c1ccccc1)[C@H](O)c1ccccc1. The third-order valence-corrected chi connectivity index (χ3v) is 5.76. The van der Waals surface area contributed by atoms with E-state index in [0.29, 0.717) is 17.5 Å². The number of aliphatic hydroxyl groups excluding tert-OH is 2. The van der Waals surface area contributed by atoms with Crippen molar-refractivity contribution in [3.05, 3.63) is 108 Å². The van der Waals surface area contributed by atoms with Gasteiger partial charge in [-0.05, 0) is 23.1 Å². The van der Waals surface area contributed by atoms with Crippen LogP contribution in [0.25, 0.3) is 0 Å². The molecule has 0 aromatic heterocycles. The number of hydrogen-bond donors (Lipinski definition) is 2. The molecule has 3 aromatic carbocycles. The number of cyclic esters (lactones) is 1. The van der Waals surface area contributed by atoms with Gasteiger partial charge in [-0.1, -0.05) is 91.0 Å². The Labute approximate surface area is 186 Å². The Morgan fingerprint density at radius 2 is 1.31 bits per heavy atom. The lowest BCUT2D eigenvalue weighted by molar-refractivity contribution is -0.143. The third-order valence-electron chi connectivity index (χ3n) is 5.76. The van der Waals surface area contributed by atoms with E-state index in [1.54, 1.807) is 60.7 Å². The zero-order chi connectivity index (χ0) is 22.5. The second-order valence-electron chi connectivity index (χ2n) is 7.87. The van der Waals surface area contributed by atoms with Crippen molar-refractivity contribution >= 4 is 12.0 Å². The Morgan fingerprint density at radius 1 is 0.844 bits per heavy atom. The van der Waals surface area contributed by atoms with Crippen molar-refractivity contribution in [1.82, 2.24) is 4.90 Å². The topological polar surface area (TPSA) is 87.1 Å². The van der Waals surface area contributed by atoms with Gasteiger partial charge in [0.15, 0.2) is 0 Å². The number of rotatable bonds is 7. The first-order valence-corrected chi connectivity index (χ1v) is 10.6. The maximum absolute atomic E-state index is 13.7. The van der Waals surface area contributed by atoms with Crippen LogP contribution in [-0.2, 0) is 16.0 Å². The highest BCUT2D eigenvalue weighted by Crippen LogP contribution is 2.36. The first kappa shape index (κ1) is 21.7. The van der Waals surface area contributed by atoms with Crippen molar-refractivity contribution in [2.75, 3.05) is 6.61 Å². The van der Waals surface area contributed by atoms with Crippen molar-refractivity contribution in [2.24, 2.45) is 5.92 Å². The molecule has 2 N–H and O–H groups in total. The number of carbonyl (C=O) groups is 2. The van der Waals surface area contributed by atoms with Crippen LogP contribution in [0.15, 0.2) is 91.0 Å². The summed E-state index contributed by atoms with van der Waals surface area (Å²) in [7, 11) is 0. The summed E-state index contributed by atoms with van der Waals surface area (Å²) in [6, 6.07) is 26.3. The lowest BCUT2D eigenvalue weighted by Crippen LogP contribution is -2.46. The van der Waals surface area contributed by atoms with Crippen LogP contribution < -0.4 is 0 Å². The fourth-order valence-corrected chi connectivity index (χ4v) is 4.09. The summed E-state index contributed by atoms with van der Waals surface area (Å²) in [6.45, 7) is 0.0645. The second-order valence-corrected chi connectivity index (χ2v) is 7.87. The number of aliphatic hydroxyl groups is 2. The van der Waals surface area contributed by atoms with E-state index in [-0.39, 0.29) is 6.61 Å². The Balaban J connectivity index is 1.67. The van der Waals surface area contributed by atoms with Crippen molar-refractivity contribution in [3.8, 4) is 0 Å². The molecule has 0 bridgehead atoms. The molecule has 1 aliphatic rings. The molecule has 3 atom stereocenters. The zero-order valence-corrected chi connectivity index (χ0v) is 17.5. The maximum Gasteiger partial charge on any atom is 0.416 e. The lowest BCUT2D eigenvalue weighted by atomic mass is 9.85. The summed E-state index contributed by atoms with van der Waals surface area (Å²) in [4.78, 5) is 27.3. The van der Waals surface area contributed by atoms with Gasteiger partial charge in [-0.2, -0.15) is 0 Å². The lowest BCUT2D eigenvalue weighted by Gasteiger charge is -2.31. The van der Waals surface area contributed by atoms with E-state index in [1.807, 2.05) is 30.3 Å². The van der Waals surface area contributed by atoms with Gasteiger partial charge in [0.1, 0.15) is 6.61 Å². The van der Waals surface area contributed by atoms with Crippen LogP contribution in [0, 0.1) is 5.92 Å². The summed E-state index contributed by atoms with van der Waals surface area (Å²) in [5.74, 6) is -1.95. The van der Waals surface area contributed by atoms with Gasteiger partial charge in [-0.15, -0.1) is 0 Å². The normalized spacial score (nSPS) is 17.8. The number of ether oxygens (including phenoxy) is 1. The van der Waals surface area contributed by atoms with E-state index >= 15 is 0 Å². The second kappa shape index (κ2) is 9.77. The van der Waals surface area contributed by atoms with E-state index in [2.05, 4.69) is 0 Å². The first-order valence-electron chi connectivity index (χ1n) is 10.6. The van der Waals surface area contributed by atoms with E-state index in [1.165, 1.54) is 0 Å². The molecule has 2 amide bonds. The van der Waals surface area contributed by atoms with Gasteiger partial charge in [-0.25, -0.2) is 9.69 Å². The molecular weight excluding hydrogens is 406 g/mol. The van der Waals surface area contributed by atoms with Gasteiger partial charge in [0.05, 0.1) is 24.2 Å². The highest BCUT2D eigenvalue weighted by atomic mass is 16.6. The summed E-state index contributed by atoms with van der Waals surface area (Å²) in [6.07, 6.45) is -2.97. The Hall–Kier alpha value is -3.48. The molecule has 0 radical (unpaired) electrons. The van der Waals surface area contributed by atoms with E-state index in [0.717, 1.165) is 10.5 Å². The van der Waals surface area contributed by atoms with Crippen LogP contribution in [0.4, 0.5) is 4.79 Å². The van der Waals surface area contributed by atoms with E-state index in [9.17, 15) is 19.8 Å². The smallest absolute Gasteiger partial charge is 0.416 e. The predicted octanol–water partition coefficient (Wildman–Crippen LogP) is 3.66. The minimum Gasteiger partial charge on any atom is -0.447 e. The van der Waals surface area contributed by atoms with Crippen molar-refractivity contribution in [2.45, 2.75) is 24.7 Å². The van der Waals surface area contributed by atoms with Crippen LogP contribution in [0.2, 0.25) is 0 Å². The Kier molecular flexibility index (Phi) is 6.63. The summed E-state index contributed by atoms with van der Waals surface area (Å²) >= 11 is 0. The number of hydrogen-bond acceptors (Lipinski definition) is 5. The number of benzene rings is 3. The molecule has 0 unspecified atom stereocenters. The molecule has 3 aromatic rings. The van der Waals surface area contributed by atoms with Crippen LogP contribution in [0.3, 0.4) is 0 Å². The molecule has 1 fully saturated rings. The molecular formula is C26H25NO5. The van der Waals surface area contributed by atoms with E-state index < -0.39 is 36.2 Å². The Morgan fingerprint density at radius 3 is 1.81 bits per heavy atom. The minimum absolute atomic E-state index is 0.0645. The van der Waals surface area contributed by atoms with Crippen molar-refractivity contribution in [3.63, 3.8) is 0 Å². The van der Waals surface area contributed by atoms with Crippen LogP contribution in [-0.4, -0.2) is 39.8 Å². The zero-order valence-electron chi connectivity index (χ0n) is 17.5. The summed E-state index contributed by atoms with van der Waals surface area (Å²) < 4.78 is 5.20. The number of nitrogens with zero attached hydrogens (tertiary/aromatic N) is 1. The molecule has 0 saturated carbocycles. The largest absolute Gasteiger partial charge is 0.447 e. The molecule has 1 aliphatic heterocycles. The highest BCUT2D eigenvalue weighted by Gasteiger charge is 2.45. The highest BCUT2D eigenvalue weighted by molar-refractivity contribution is 5.95. The number of amides is 2. The Bertz CT molecular complexity index is 996. The van der Waals surface area contributed by atoms with Gasteiger partial charge in [0.25, 0.3) is 0 Å². The fraction of sp³-hybridized carbons (Fsp3) is 0.231. The van der Waals surface area contributed by atoms with Crippen LogP contribution in [0.1, 0.15) is 28.9 Å². The standard InChI is InChI=1S/C26H25NO5/c28-23(19-12-6-2-7-13-19)22(24(29)20-14-8-3-9-15-20)25(30)27-21(17-32-26(27)31)16-18-10-4-1-5-11-18/h1-15,21-24,28-29H,16-17H2/t21-,23+,24+/m0/s1. The van der Waals surface area contributed by atoms with Crippen LogP contribution >= 0.6 is 0 Å². The van der Waals surface area contributed by atoms with Gasteiger partial charge >= 0.3 is 6.09 Å². The molecule has 164 valence electrons. The maximum atomic E-state index is 13.7. The molecule has 1 saturated heterocycles. The number of carbonyl (C=O) groups excluding carboxylic acids is 2. The van der Waals surface area contributed by atoms with Crippen molar-refractivity contribution in [1.29, 1.82) is 0 Å². The monoisotopic (exact) mass is 431 g/mol. The van der Waals surface area contributed by atoms with E-state index in [4.69, 9.17) is 4.74 Å². The molecule has 4 rings (SSSR count). The molecule has 32 heavy (non-hydrogen) atoms. The summed E-state index contributed by atoms with van der Waals surface area (Å²) in [5, 5.41) is 22.3. The molecule has 6 heteroatoms. The summed E-state index contributed by atoms with van der Waals surface area (Å²) in [5.41, 5.74) is 1.92. The van der Waals surface area contributed by atoms with Gasteiger partial charge in [0.2, 0.25) is 5.91 Å². The third kappa shape index (κ3) is 4.56. The molecule has 6 nitrogen and oxygen atoms in total. The molecule has 0 aliphatic carbocycles. The quantitative estimate of drug-likeness (QED) is 0.596. The number of imide groups is 1. The van der Waals surface area contributed by atoms with Gasteiger partial charge < -0.3 is 14.9 Å². The molecule has 1 heterocycles. The average molecular weight is 431 g/mol. The van der Waals surface area contributed by atoms with Gasteiger partial charge in [0, 0.05) is 0 Å². The predicted molar refractivity (Wildman–Crippen MR) is 118 cm³/mol. The molecule has 0 spiro atoms. The average Bonchev–Trinajstić information content (AvgIpc) is 3.20.